The second-order valence-corrected chi connectivity index (χ2v) is 6.56. The smallest absolute Gasteiger partial charge is 0.0519 e. The lowest BCUT2D eigenvalue weighted by molar-refractivity contribution is 0.547. The van der Waals surface area contributed by atoms with E-state index in [-0.39, 0.29) is 6.04 Å². The highest BCUT2D eigenvalue weighted by atomic mass is 79.9. The first-order valence-corrected chi connectivity index (χ1v) is 8.47. The Bertz CT molecular complexity index is 513. The minimum atomic E-state index is 0.142. The molecule has 0 radical (unpaired) electrons. The zero-order valence-electron chi connectivity index (χ0n) is 10.0. The summed E-state index contributed by atoms with van der Waals surface area (Å²) in [5.41, 5.74) is 4.19. The molecule has 0 aliphatic heterocycles. The van der Waals surface area contributed by atoms with Crippen molar-refractivity contribution in [2.24, 2.45) is 5.84 Å². The van der Waals surface area contributed by atoms with Crippen LogP contribution in [0.15, 0.2) is 45.1 Å². The van der Waals surface area contributed by atoms with E-state index in [1.807, 2.05) is 0 Å². The average Bonchev–Trinajstić information content (AvgIpc) is 2.81. The van der Waals surface area contributed by atoms with Crippen molar-refractivity contribution >= 4 is 39.0 Å². The van der Waals surface area contributed by atoms with Crippen LogP contribution in [0.2, 0.25) is 0 Å². The minimum absolute atomic E-state index is 0.142. The van der Waals surface area contributed by atoms with Crippen molar-refractivity contribution in [2.75, 3.05) is 6.26 Å². The van der Waals surface area contributed by atoms with Crippen LogP contribution in [0.1, 0.15) is 16.5 Å². The molecule has 2 aromatic rings. The van der Waals surface area contributed by atoms with E-state index >= 15 is 0 Å². The van der Waals surface area contributed by atoms with Crippen LogP contribution in [0.3, 0.4) is 0 Å². The molecule has 1 unspecified atom stereocenters. The van der Waals surface area contributed by atoms with E-state index in [9.17, 15) is 0 Å². The van der Waals surface area contributed by atoms with Crippen LogP contribution in [-0.2, 0) is 6.42 Å². The van der Waals surface area contributed by atoms with Gasteiger partial charge in [0.1, 0.15) is 0 Å². The van der Waals surface area contributed by atoms with E-state index in [1.54, 1.807) is 23.1 Å². The highest BCUT2D eigenvalue weighted by Gasteiger charge is 2.16. The normalized spacial score (nSPS) is 12.6. The number of nitrogens with two attached hydrogens (primary N) is 1. The summed E-state index contributed by atoms with van der Waals surface area (Å²) in [6.07, 6.45) is 2.99. The maximum absolute atomic E-state index is 5.73. The molecule has 1 heterocycles. The Morgan fingerprint density at radius 1 is 1.39 bits per heavy atom. The summed E-state index contributed by atoms with van der Waals surface area (Å²) >= 11 is 7.07. The maximum atomic E-state index is 5.73. The van der Waals surface area contributed by atoms with Crippen molar-refractivity contribution < 1.29 is 0 Å². The second kappa shape index (κ2) is 6.73. The Morgan fingerprint density at radius 3 is 2.78 bits per heavy atom. The Hall–Kier alpha value is -0.330. The summed E-state index contributed by atoms with van der Waals surface area (Å²) in [4.78, 5) is 2.59. The average molecular weight is 343 g/mol. The number of hydrazine groups is 1. The second-order valence-electron chi connectivity index (χ2n) is 3.86. The summed E-state index contributed by atoms with van der Waals surface area (Å²) < 4.78 is 1.16. The van der Waals surface area contributed by atoms with Crippen LogP contribution in [0.25, 0.3) is 0 Å². The summed E-state index contributed by atoms with van der Waals surface area (Å²) in [5, 5.41) is 2.09. The Labute approximate surface area is 124 Å². The van der Waals surface area contributed by atoms with Crippen molar-refractivity contribution in [1.29, 1.82) is 0 Å². The van der Waals surface area contributed by atoms with E-state index in [0.29, 0.717) is 0 Å². The van der Waals surface area contributed by atoms with Crippen LogP contribution in [0.4, 0.5) is 0 Å². The number of benzene rings is 1. The molecule has 18 heavy (non-hydrogen) atoms. The summed E-state index contributed by atoms with van der Waals surface area (Å²) in [6.45, 7) is 0. The third-order valence-corrected chi connectivity index (χ3v) is 5.56. The number of rotatable bonds is 5. The minimum Gasteiger partial charge on any atom is -0.271 e. The standard InChI is InChI=1S/C13H15BrN2S2/c1-17-12-5-3-2-4-9(12)11(16-15)8-13-10(14)6-7-18-13/h2-7,11,16H,8,15H2,1H3. The maximum Gasteiger partial charge on any atom is 0.0519 e. The first kappa shape index (κ1) is 14.1. The molecule has 0 spiro atoms. The molecule has 96 valence electrons. The quantitative estimate of drug-likeness (QED) is 0.490. The Kier molecular flexibility index (Phi) is 5.26. The number of nitrogens with one attached hydrogen (secondary N) is 1. The molecule has 0 amide bonds. The van der Waals surface area contributed by atoms with Crippen molar-refractivity contribution in [1.82, 2.24) is 5.43 Å². The van der Waals surface area contributed by atoms with Gasteiger partial charge in [-0.25, -0.2) is 0 Å². The molecule has 0 fully saturated rings. The number of thiophene rings is 1. The number of halogens is 1. The largest absolute Gasteiger partial charge is 0.271 e. The van der Waals surface area contributed by atoms with Gasteiger partial charge in [-0.05, 0) is 45.3 Å². The summed E-state index contributed by atoms with van der Waals surface area (Å²) in [5.74, 6) is 5.73. The van der Waals surface area contributed by atoms with Crippen LogP contribution in [-0.4, -0.2) is 6.26 Å². The van der Waals surface area contributed by atoms with Crippen molar-refractivity contribution in [3.63, 3.8) is 0 Å². The van der Waals surface area contributed by atoms with E-state index in [2.05, 4.69) is 63.3 Å². The fourth-order valence-electron chi connectivity index (χ4n) is 1.87. The topological polar surface area (TPSA) is 38.0 Å². The fourth-order valence-corrected chi connectivity index (χ4v) is 4.09. The number of thioether (sulfide) groups is 1. The molecule has 0 bridgehead atoms. The zero-order chi connectivity index (χ0) is 13.0. The van der Waals surface area contributed by atoms with Crippen LogP contribution >= 0.6 is 39.0 Å². The van der Waals surface area contributed by atoms with E-state index in [0.717, 1.165) is 10.9 Å². The Morgan fingerprint density at radius 2 is 2.17 bits per heavy atom. The zero-order valence-corrected chi connectivity index (χ0v) is 13.2. The van der Waals surface area contributed by atoms with Gasteiger partial charge in [-0.2, -0.15) is 0 Å². The third-order valence-electron chi connectivity index (χ3n) is 2.80. The van der Waals surface area contributed by atoms with Gasteiger partial charge in [0, 0.05) is 20.7 Å². The highest BCUT2D eigenvalue weighted by molar-refractivity contribution is 9.10. The first-order valence-electron chi connectivity index (χ1n) is 5.57. The van der Waals surface area contributed by atoms with Crippen LogP contribution in [0, 0.1) is 0 Å². The van der Waals surface area contributed by atoms with Crippen LogP contribution in [0.5, 0.6) is 0 Å². The van der Waals surface area contributed by atoms with E-state index in [4.69, 9.17) is 5.84 Å². The first-order chi connectivity index (χ1) is 8.76. The van der Waals surface area contributed by atoms with Gasteiger partial charge in [0.2, 0.25) is 0 Å². The Balaban J connectivity index is 2.25. The van der Waals surface area contributed by atoms with Gasteiger partial charge in [-0.1, -0.05) is 18.2 Å². The van der Waals surface area contributed by atoms with Gasteiger partial charge in [0.05, 0.1) is 6.04 Å². The SMILES string of the molecule is CSc1ccccc1C(Cc1sccc1Br)NN. The van der Waals surface area contributed by atoms with Gasteiger partial charge < -0.3 is 0 Å². The lowest BCUT2D eigenvalue weighted by atomic mass is 10.0. The molecule has 1 atom stereocenters. The fraction of sp³-hybridized carbons (Fsp3) is 0.231. The van der Waals surface area contributed by atoms with E-state index in [1.165, 1.54) is 15.3 Å². The van der Waals surface area contributed by atoms with Crippen molar-refractivity contribution in [3.8, 4) is 0 Å². The molecule has 1 aromatic carbocycles. The lowest BCUT2D eigenvalue weighted by Gasteiger charge is -2.18. The molecular weight excluding hydrogens is 328 g/mol. The highest BCUT2D eigenvalue weighted by Crippen LogP contribution is 2.31. The van der Waals surface area contributed by atoms with Crippen molar-refractivity contribution in [2.45, 2.75) is 17.4 Å². The third kappa shape index (κ3) is 3.16. The van der Waals surface area contributed by atoms with Crippen LogP contribution < -0.4 is 11.3 Å². The van der Waals surface area contributed by atoms with Crippen molar-refractivity contribution in [3.05, 3.63) is 50.6 Å². The predicted octanol–water partition coefficient (Wildman–Crippen LogP) is 3.98. The van der Waals surface area contributed by atoms with Gasteiger partial charge in [0.25, 0.3) is 0 Å². The summed E-state index contributed by atoms with van der Waals surface area (Å²) in [6, 6.07) is 10.6. The molecule has 3 N–H and O–H groups in total. The molecule has 2 nitrogen and oxygen atoms in total. The molecule has 5 heteroatoms. The molecule has 0 saturated heterocycles. The molecule has 2 rings (SSSR count). The molecule has 1 aromatic heterocycles. The van der Waals surface area contributed by atoms with Gasteiger partial charge in [0.15, 0.2) is 0 Å². The van der Waals surface area contributed by atoms with E-state index < -0.39 is 0 Å². The molecule has 0 aliphatic carbocycles. The van der Waals surface area contributed by atoms with Gasteiger partial charge in [-0.3, -0.25) is 11.3 Å². The number of hydrogen-bond acceptors (Lipinski definition) is 4. The predicted molar refractivity (Wildman–Crippen MR) is 84.0 cm³/mol. The molecular formula is C13H15BrN2S2. The number of hydrogen-bond donors (Lipinski definition) is 2. The lowest BCUT2D eigenvalue weighted by Crippen LogP contribution is -2.29. The van der Waals surface area contributed by atoms with Gasteiger partial charge >= 0.3 is 0 Å². The van der Waals surface area contributed by atoms with Gasteiger partial charge in [-0.15, -0.1) is 23.1 Å². The molecule has 0 aliphatic rings. The summed E-state index contributed by atoms with van der Waals surface area (Å²) in [7, 11) is 0. The molecule has 0 saturated carbocycles. The monoisotopic (exact) mass is 342 g/mol.